The Morgan fingerprint density at radius 1 is 1.39 bits per heavy atom. The average molecular weight is 458 g/mol. The summed E-state index contributed by atoms with van der Waals surface area (Å²) >= 11 is 2.93. The van der Waals surface area contributed by atoms with Gasteiger partial charge in [0.25, 0.3) is 0 Å². The topological polar surface area (TPSA) is 100 Å². The molecule has 2 aromatic rings. The van der Waals surface area contributed by atoms with Crippen molar-refractivity contribution in [1.29, 1.82) is 5.26 Å². The number of hydrogen-bond acceptors (Lipinski definition) is 7. The van der Waals surface area contributed by atoms with E-state index in [-0.39, 0.29) is 18.1 Å². The summed E-state index contributed by atoms with van der Waals surface area (Å²) in [5, 5.41) is 17.7. The fourth-order valence-corrected chi connectivity index (χ4v) is 5.64. The number of carbonyl (C=O) groups is 2. The average Bonchev–Trinajstić information content (AvgIpc) is 3.51. The van der Waals surface area contributed by atoms with Crippen molar-refractivity contribution in [3.05, 3.63) is 44.5 Å². The van der Waals surface area contributed by atoms with E-state index in [4.69, 9.17) is 9.47 Å². The molecule has 2 unspecified atom stereocenters. The Labute approximate surface area is 188 Å². The van der Waals surface area contributed by atoms with E-state index < -0.39 is 6.09 Å². The van der Waals surface area contributed by atoms with Crippen LogP contribution in [0.5, 0.6) is 0 Å². The summed E-state index contributed by atoms with van der Waals surface area (Å²) in [6, 6.07) is 6.07. The molecule has 0 bridgehead atoms. The first kappa shape index (κ1) is 21.6. The first-order valence-corrected chi connectivity index (χ1v) is 11.9. The number of hydrogen-bond donors (Lipinski definition) is 2. The molecule has 1 aliphatic carbocycles. The largest absolute Gasteiger partial charge is 0.446 e. The molecule has 7 nitrogen and oxygen atoms in total. The van der Waals surface area contributed by atoms with Gasteiger partial charge in [0, 0.05) is 35.4 Å². The van der Waals surface area contributed by atoms with Crippen molar-refractivity contribution < 1.29 is 19.1 Å². The van der Waals surface area contributed by atoms with Crippen LogP contribution in [0.2, 0.25) is 0 Å². The Morgan fingerprint density at radius 3 is 3.03 bits per heavy atom. The van der Waals surface area contributed by atoms with Crippen molar-refractivity contribution in [2.45, 2.75) is 44.3 Å². The predicted octanol–water partition coefficient (Wildman–Crippen LogP) is 4.10. The van der Waals surface area contributed by atoms with E-state index in [2.05, 4.69) is 16.7 Å². The van der Waals surface area contributed by atoms with Gasteiger partial charge in [0.2, 0.25) is 5.91 Å². The van der Waals surface area contributed by atoms with Crippen LogP contribution in [0, 0.1) is 11.3 Å². The third kappa shape index (κ3) is 5.53. The highest BCUT2D eigenvalue weighted by molar-refractivity contribution is 7.16. The van der Waals surface area contributed by atoms with Gasteiger partial charge in [0.1, 0.15) is 17.2 Å². The number of ether oxygens (including phenoxy) is 2. The molecule has 2 N–H and O–H groups in total. The lowest BCUT2D eigenvalue weighted by Crippen LogP contribution is -2.36. The monoisotopic (exact) mass is 457 g/mol. The number of alkyl carbamates (subject to hydrolysis) is 1. The van der Waals surface area contributed by atoms with E-state index in [1.165, 1.54) is 17.4 Å². The fraction of sp³-hybridized carbons (Fsp3) is 0.409. The molecule has 0 radical (unpaired) electrons. The van der Waals surface area contributed by atoms with Gasteiger partial charge in [-0.1, -0.05) is 6.07 Å². The second-order valence-electron chi connectivity index (χ2n) is 7.44. The molecule has 1 aliphatic heterocycles. The van der Waals surface area contributed by atoms with Crippen LogP contribution in [0.4, 0.5) is 9.80 Å². The Morgan fingerprint density at radius 2 is 2.29 bits per heavy atom. The number of anilines is 1. The molecular weight excluding hydrogens is 434 g/mol. The molecule has 0 saturated carbocycles. The van der Waals surface area contributed by atoms with Gasteiger partial charge in [0.05, 0.1) is 11.7 Å². The maximum atomic E-state index is 12.3. The number of thiophene rings is 2. The van der Waals surface area contributed by atoms with Crippen LogP contribution in [-0.4, -0.2) is 37.4 Å². The van der Waals surface area contributed by atoms with Crippen LogP contribution >= 0.6 is 22.7 Å². The van der Waals surface area contributed by atoms with E-state index in [0.717, 1.165) is 34.8 Å². The maximum Gasteiger partial charge on any atom is 0.407 e. The van der Waals surface area contributed by atoms with Gasteiger partial charge < -0.3 is 20.1 Å². The van der Waals surface area contributed by atoms with E-state index in [0.29, 0.717) is 36.4 Å². The SMILES string of the molecule is N#Cc1c(NC(=O)/C=C/c2cccs2)sc2c1CCC(OC(=O)NCC1CCCO1)C2. The van der Waals surface area contributed by atoms with Gasteiger partial charge in [-0.2, -0.15) is 5.26 Å². The molecule has 31 heavy (non-hydrogen) atoms. The van der Waals surface area contributed by atoms with Gasteiger partial charge in [-0.3, -0.25) is 4.79 Å². The summed E-state index contributed by atoms with van der Waals surface area (Å²) in [5.74, 6) is -0.273. The van der Waals surface area contributed by atoms with E-state index >= 15 is 0 Å². The van der Waals surface area contributed by atoms with Crippen molar-refractivity contribution >= 4 is 45.8 Å². The fourth-order valence-electron chi connectivity index (χ4n) is 3.76. The molecule has 2 atom stereocenters. The third-order valence-corrected chi connectivity index (χ3v) is 7.29. The lowest BCUT2D eigenvalue weighted by Gasteiger charge is -2.23. The Hall–Kier alpha value is -2.67. The van der Waals surface area contributed by atoms with Crippen molar-refractivity contribution in [3.8, 4) is 6.07 Å². The van der Waals surface area contributed by atoms with Crippen LogP contribution in [0.3, 0.4) is 0 Å². The molecule has 0 spiro atoms. The van der Waals surface area contributed by atoms with Crippen LogP contribution in [-0.2, 0) is 27.1 Å². The Kier molecular flexibility index (Phi) is 7.02. The van der Waals surface area contributed by atoms with Crippen molar-refractivity contribution in [2.75, 3.05) is 18.5 Å². The zero-order valence-electron chi connectivity index (χ0n) is 16.9. The van der Waals surface area contributed by atoms with Gasteiger partial charge in [0.15, 0.2) is 0 Å². The zero-order chi connectivity index (χ0) is 21.6. The lowest BCUT2D eigenvalue weighted by molar-refractivity contribution is -0.111. The molecule has 1 saturated heterocycles. The summed E-state index contributed by atoms with van der Waals surface area (Å²) in [6.45, 7) is 1.21. The van der Waals surface area contributed by atoms with Gasteiger partial charge in [-0.05, 0) is 48.8 Å². The lowest BCUT2D eigenvalue weighted by atomic mass is 9.94. The van der Waals surface area contributed by atoms with Crippen molar-refractivity contribution in [1.82, 2.24) is 5.32 Å². The Balaban J connectivity index is 1.34. The number of rotatable bonds is 6. The minimum absolute atomic E-state index is 0.0704. The molecule has 4 rings (SSSR count). The number of nitriles is 1. The first-order valence-electron chi connectivity index (χ1n) is 10.3. The standard InChI is InChI=1S/C22H23N3O4S2/c23-12-18-17-7-5-14(29-22(27)24-13-15-3-1-9-28-15)11-19(17)31-21(18)25-20(26)8-6-16-4-2-10-30-16/h2,4,6,8,10,14-15H,1,3,5,7,9,11,13H2,(H,24,27)(H,25,26)/b8-6+. The number of amides is 2. The van der Waals surface area contributed by atoms with Crippen LogP contribution < -0.4 is 10.6 Å². The minimum atomic E-state index is -0.437. The summed E-state index contributed by atoms with van der Waals surface area (Å²) in [6.07, 6.45) is 6.42. The molecule has 2 aromatic heterocycles. The van der Waals surface area contributed by atoms with E-state index in [9.17, 15) is 14.9 Å². The third-order valence-electron chi connectivity index (χ3n) is 5.28. The highest BCUT2D eigenvalue weighted by atomic mass is 32.1. The summed E-state index contributed by atoms with van der Waals surface area (Å²) in [7, 11) is 0. The highest BCUT2D eigenvalue weighted by Crippen LogP contribution is 2.38. The summed E-state index contributed by atoms with van der Waals surface area (Å²) in [4.78, 5) is 26.4. The predicted molar refractivity (Wildman–Crippen MR) is 120 cm³/mol. The number of nitrogens with zero attached hydrogens (tertiary/aromatic N) is 1. The number of nitrogens with one attached hydrogen (secondary N) is 2. The first-order chi connectivity index (χ1) is 15.1. The van der Waals surface area contributed by atoms with Crippen LogP contribution in [0.25, 0.3) is 6.08 Å². The van der Waals surface area contributed by atoms with E-state index in [1.54, 1.807) is 17.4 Å². The molecule has 0 aromatic carbocycles. The normalized spacial score (nSPS) is 20.2. The summed E-state index contributed by atoms with van der Waals surface area (Å²) in [5.41, 5.74) is 1.46. The molecular formula is C22H23N3O4S2. The number of fused-ring (bicyclic) bond motifs is 1. The molecule has 3 heterocycles. The van der Waals surface area contributed by atoms with Gasteiger partial charge in [-0.25, -0.2) is 4.79 Å². The zero-order valence-corrected chi connectivity index (χ0v) is 18.5. The number of carbonyl (C=O) groups excluding carboxylic acids is 2. The van der Waals surface area contributed by atoms with Gasteiger partial charge >= 0.3 is 6.09 Å². The smallest absolute Gasteiger partial charge is 0.407 e. The Bertz CT molecular complexity index is 1000. The molecule has 9 heteroatoms. The maximum absolute atomic E-state index is 12.3. The second kappa shape index (κ2) is 10.1. The molecule has 1 fully saturated rings. The minimum Gasteiger partial charge on any atom is -0.446 e. The summed E-state index contributed by atoms with van der Waals surface area (Å²) < 4.78 is 11.1. The van der Waals surface area contributed by atoms with E-state index in [1.807, 2.05) is 17.5 Å². The molecule has 2 aliphatic rings. The highest BCUT2D eigenvalue weighted by Gasteiger charge is 2.28. The molecule has 2 amide bonds. The quantitative estimate of drug-likeness (QED) is 0.636. The van der Waals surface area contributed by atoms with Crippen LogP contribution in [0.1, 0.15) is 40.1 Å². The molecule has 162 valence electrons. The second-order valence-corrected chi connectivity index (χ2v) is 9.53. The van der Waals surface area contributed by atoms with Gasteiger partial charge in [-0.15, -0.1) is 22.7 Å². The van der Waals surface area contributed by atoms with Crippen LogP contribution in [0.15, 0.2) is 23.6 Å². The van der Waals surface area contributed by atoms with Crippen molar-refractivity contribution in [3.63, 3.8) is 0 Å². The van der Waals surface area contributed by atoms with Crippen molar-refractivity contribution in [2.24, 2.45) is 0 Å².